The van der Waals surface area contributed by atoms with E-state index < -0.39 is 0 Å². The summed E-state index contributed by atoms with van der Waals surface area (Å²) in [5.74, 6) is 0.0672. The summed E-state index contributed by atoms with van der Waals surface area (Å²) >= 11 is 1.21. The molecule has 0 bridgehead atoms. The second kappa shape index (κ2) is 6.58. The summed E-state index contributed by atoms with van der Waals surface area (Å²) in [6, 6.07) is 7.20. The Morgan fingerprint density at radius 3 is 2.81 bits per heavy atom. The molecule has 5 nitrogen and oxygen atoms in total. The molecule has 0 aliphatic carbocycles. The highest BCUT2D eigenvalue weighted by Crippen LogP contribution is 2.19. The van der Waals surface area contributed by atoms with Gasteiger partial charge in [0.05, 0.1) is 5.75 Å². The van der Waals surface area contributed by atoms with Crippen LogP contribution in [0.3, 0.4) is 0 Å². The molecule has 1 aromatic heterocycles. The number of anilines is 1. The van der Waals surface area contributed by atoms with Crippen LogP contribution in [0.15, 0.2) is 34.2 Å². The molecule has 1 amide bonds. The first-order valence-electron chi connectivity index (χ1n) is 6.52. The highest BCUT2D eigenvalue weighted by molar-refractivity contribution is 7.99. The molecule has 0 unspecified atom stereocenters. The van der Waals surface area contributed by atoms with Crippen molar-refractivity contribution >= 4 is 23.4 Å². The van der Waals surface area contributed by atoms with Gasteiger partial charge in [0.2, 0.25) is 5.91 Å². The number of nitrogens with zero attached hydrogens (tertiary/aromatic N) is 1. The number of nitrogens with one attached hydrogen (secondary N) is 2. The minimum absolute atomic E-state index is 0.127. The van der Waals surface area contributed by atoms with Crippen molar-refractivity contribution in [2.45, 2.75) is 25.9 Å². The highest BCUT2D eigenvalue weighted by atomic mass is 32.2. The lowest BCUT2D eigenvalue weighted by molar-refractivity contribution is -0.113. The summed E-state index contributed by atoms with van der Waals surface area (Å²) in [6.45, 7) is 5.72. The van der Waals surface area contributed by atoms with E-state index in [1.807, 2.05) is 32.0 Å². The smallest absolute Gasteiger partial charge is 0.251 e. The molecule has 0 atom stereocenters. The van der Waals surface area contributed by atoms with Crippen molar-refractivity contribution in [1.82, 2.24) is 9.97 Å². The summed E-state index contributed by atoms with van der Waals surface area (Å²) < 4.78 is 0. The van der Waals surface area contributed by atoms with Gasteiger partial charge in [0.25, 0.3) is 5.56 Å². The number of H-pyrrole nitrogens is 1. The monoisotopic (exact) mass is 303 g/mol. The first-order valence-corrected chi connectivity index (χ1v) is 7.51. The van der Waals surface area contributed by atoms with Gasteiger partial charge < -0.3 is 10.3 Å². The molecule has 0 aliphatic heterocycles. The van der Waals surface area contributed by atoms with Gasteiger partial charge >= 0.3 is 0 Å². The minimum atomic E-state index is -0.208. The zero-order valence-corrected chi connectivity index (χ0v) is 13.0. The van der Waals surface area contributed by atoms with E-state index in [0.29, 0.717) is 10.9 Å². The van der Waals surface area contributed by atoms with Gasteiger partial charge in [0.1, 0.15) is 0 Å². The molecule has 0 saturated heterocycles. The number of aromatic nitrogens is 2. The molecule has 2 aromatic rings. The normalized spacial score (nSPS) is 10.4. The maximum Gasteiger partial charge on any atom is 0.251 e. The van der Waals surface area contributed by atoms with Gasteiger partial charge in [-0.1, -0.05) is 23.9 Å². The number of hydrogen-bond donors (Lipinski definition) is 2. The van der Waals surface area contributed by atoms with Crippen molar-refractivity contribution in [3.8, 4) is 0 Å². The number of aromatic amines is 1. The third-order valence-electron chi connectivity index (χ3n) is 3.07. The first-order chi connectivity index (χ1) is 9.95. The molecule has 0 spiro atoms. The van der Waals surface area contributed by atoms with E-state index in [-0.39, 0.29) is 17.2 Å². The van der Waals surface area contributed by atoms with E-state index in [9.17, 15) is 9.59 Å². The van der Waals surface area contributed by atoms with E-state index >= 15 is 0 Å². The van der Waals surface area contributed by atoms with Crippen LogP contribution in [0.1, 0.15) is 16.8 Å². The number of benzene rings is 1. The number of amides is 1. The van der Waals surface area contributed by atoms with E-state index in [1.54, 1.807) is 6.92 Å². The Morgan fingerprint density at radius 1 is 1.33 bits per heavy atom. The molecule has 2 N–H and O–H groups in total. The summed E-state index contributed by atoms with van der Waals surface area (Å²) in [6.07, 6.45) is 0. The van der Waals surface area contributed by atoms with E-state index in [1.165, 1.54) is 17.8 Å². The maximum atomic E-state index is 12.0. The number of aryl methyl sites for hydroxylation is 2. The molecule has 0 saturated carbocycles. The Morgan fingerprint density at radius 2 is 2.10 bits per heavy atom. The standard InChI is InChI=1S/C15H17N3O2S/c1-9-5-4-6-12(11(9)3)17-14(20)8-21-15-16-10(2)7-13(19)18-15/h4-7H,8H2,1-3H3,(H,17,20)(H,16,18,19). The summed E-state index contributed by atoms with van der Waals surface area (Å²) in [5.41, 5.74) is 3.42. The average molecular weight is 303 g/mol. The third-order valence-corrected chi connectivity index (χ3v) is 3.94. The van der Waals surface area contributed by atoms with Crippen molar-refractivity contribution < 1.29 is 4.79 Å². The average Bonchev–Trinajstić information content (AvgIpc) is 2.41. The van der Waals surface area contributed by atoms with Crippen molar-refractivity contribution in [1.29, 1.82) is 0 Å². The first kappa shape index (κ1) is 15.3. The van der Waals surface area contributed by atoms with Crippen LogP contribution in [-0.4, -0.2) is 21.6 Å². The number of hydrogen-bond acceptors (Lipinski definition) is 4. The molecule has 0 fully saturated rings. The van der Waals surface area contributed by atoms with Crippen LogP contribution in [0.25, 0.3) is 0 Å². The number of carbonyl (C=O) groups excluding carboxylic acids is 1. The molecule has 1 aromatic carbocycles. The summed E-state index contributed by atoms with van der Waals surface area (Å²) in [7, 11) is 0. The van der Waals surface area contributed by atoms with Gasteiger partial charge in [-0.2, -0.15) is 0 Å². The van der Waals surface area contributed by atoms with Crippen molar-refractivity contribution in [3.05, 3.63) is 51.4 Å². The lowest BCUT2D eigenvalue weighted by atomic mass is 10.1. The third kappa shape index (κ3) is 4.19. The minimum Gasteiger partial charge on any atom is -0.325 e. The molecule has 1 heterocycles. The molecular weight excluding hydrogens is 286 g/mol. The molecule has 0 aliphatic rings. The Balaban J connectivity index is 1.99. The Bertz CT molecular complexity index is 725. The van der Waals surface area contributed by atoms with Crippen LogP contribution in [0.4, 0.5) is 5.69 Å². The van der Waals surface area contributed by atoms with Gasteiger partial charge in [-0.25, -0.2) is 4.98 Å². The second-order valence-electron chi connectivity index (χ2n) is 4.78. The van der Waals surface area contributed by atoms with Gasteiger partial charge in [-0.15, -0.1) is 0 Å². The molecular formula is C15H17N3O2S. The lowest BCUT2D eigenvalue weighted by Crippen LogP contribution is -2.16. The molecule has 6 heteroatoms. The Hall–Kier alpha value is -2.08. The van der Waals surface area contributed by atoms with Gasteiger partial charge in [0.15, 0.2) is 5.16 Å². The Labute approximate surface area is 127 Å². The second-order valence-corrected chi connectivity index (χ2v) is 5.74. The predicted molar refractivity (Wildman–Crippen MR) is 84.9 cm³/mol. The van der Waals surface area contributed by atoms with E-state index in [0.717, 1.165) is 16.8 Å². The molecule has 21 heavy (non-hydrogen) atoms. The zero-order chi connectivity index (χ0) is 15.4. The van der Waals surface area contributed by atoms with E-state index in [2.05, 4.69) is 15.3 Å². The van der Waals surface area contributed by atoms with Gasteiger partial charge in [0, 0.05) is 17.4 Å². The molecule has 0 radical (unpaired) electrons. The van der Waals surface area contributed by atoms with Crippen LogP contribution < -0.4 is 10.9 Å². The maximum absolute atomic E-state index is 12.0. The van der Waals surface area contributed by atoms with Crippen LogP contribution in [-0.2, 0) is 4.79 Å². The topological polar surface area (TPSA) is 74.8 Å². The molecule has 110 valence electrons. The van der Waals surface area contributed by atoms with Crippen molar-refractivity contribution in [2.75, 3.05) is 11.1 Å². The largest absolute Gasteiger partial charge is 0.325 e. The fourth-order valence-corrected chi connectivity index (χ4v) is 2.55. The zero-order valence-electron chi connectivity index (χ0n) is 12.2. The number of rotatable bonds is 4. The van der Waals surface area contributed by atoms with Crippen LogP contribution >= 0.6 is 11.8 Å². The fourth-order valence-electron chi connectivity index (χ4n) is 1.83. The Kier molecular flexibility index (Phi) is 4.80. The van der Waals surface area contributed by atoms with Gasteiger partial charge in [-0.05, 0) is 38.0 Å². The lowest BCUT2D eigenvalue weighted by Gasteiger charge is -2.10. The van der Waals surface area contributed by atoms with Crippen LogP contribution in [0, 0.1) is 20.8 Å². The van der Waals surface area contributed by atoms with Crippen molar-refractivity contribution in [2.24, 2.45) is 0 Å². The van der Waals surface area contributed by atoms with Crippen LogP contribution in [0.2, 0.25) is 0 Å². The quantitative estimate of drug-likeness (QED) is 0.672. The number of carbonyl (C=O) groups is 1. The van der Waals surface area contributed by atoms with Crippen LogP contribution in [0.5, 0.6) is 0 Å². The summed E-state index contributed by atoms with van der Waals surface area (Å²) in [4.78, 5) is 30.1. The fraction of sp³-hybridized carbons (Fsp3) is 0.267. The SMILES string of the molecule is Cc1cc(=O)[nH]c(SCC(=O)Nc2cccc(C)c2C)n1. The van der Waals surface area contributed by atoms with E-state index in [4.69, 9.17) is 0 Å². The predicted octanol–water partition coefficient (Wildman–Crippen LogP) is 2.43. The summed E-state index contributed by atoms with van der Waals surface area (Å²) in [5, 5.41) is 3.33. The number of thioether (sulfide) groups is 1. The van der Waals surface area contributed by atoms with Crippen molar-refractivity contribution in [3.63, 3.8) is 0 Å². The highest BCUT2D eigenvalue weighted by Gasteiger charge is 2.08. The van der Waals surface area contributed by atoms with Gasteiger partial charge in [-0.3, -0.25) is 9.59 Å². The molecule has 2 rings (SSSR count).